The van der Waals surface area contributed by atoms with Crippen molar-refractivity contribution in [2.45, 2.75) is 32.2 Å². The number of rotatable bonds is 5. The molecule has 1 fully saturated rings. The minimum atomic E-state index is -0.185. The molecule has 1 aromatic rings. The average molecular weight is 275 g/mol. The van der Waals surface area contributed by atoms with Gasteiger partial charge in [0.15, 0.2) is 0 Å². The molecular weight excluding hydrogens is 250 g/mol. The van der Waals surface area contributed by atoms with Gasteiger partial charge in [-0.2, -0.15) is 0 Å². The van der Waals surface area contributed by atoms with E-state index in [0.717, 1.165) is 44.5 Å². The largest absolute Gasteiger partial charge is 0.369 e. The first kappa shape index (κ1) is 15.0. The molecule has 110 valence electrons. The highest BCUT2D eigenvalue weighted by atomic mass is 16.1. The first-order chi connectivity index (χ1) is 9.60. The molecule has 1 saturated heterocycles. The van der Waals surface area contributed by atoms with Crippen LogP contribution < -0.4 is 11.5 Å². The summed E-state index contributed by atoms with van der Waals surface area (Å²) in [4.78, 5) is 13.6. The van der Waals surface area contributed by atoms with Crippen LogP contribution in [0.25, 0.3) is 0 Å². The molecule has 2 atom stereocenters. The summed E-state index contributed by atoms with van der Waals surface area (Å²) in [6.07, 6.45) is 2.98. The van der Waals surface area contributed by atoms with E-state index in [1.165, 1.54) is 5.56 Å². The van der Waals surface area contributed by atoms with Crippen molar-refractivity contribution in [2.75, 3.05) is 19.6 Å². The normalized spacial score (nSPS) is 21.6. The lowest BCUT2D eigenvalue weighted by atomic mass is 9.96. The predicted molar refractivity (Wildman–Crippen MR) is 81.1 cm³/mol. The van der Waals surface area contributed by atoms with E-state index >= 15 is 0 Å². The van der Waals surface area contributed by atoms with E-state index in [-0.39, 0.29) is 17.9 Å². The summed E-state index contributed by atoms with van der Waals surface area (Å²) in [6, 6.07) is 8.49. The summed E-state index contributed by atoms with van der Waals surface area (Å²) in [5, 5.41) is 0. The SMILES string of the molecule is CCc1ccc(C(N)CN2CCCC(C(N)=O)C2)cc1. The molecule has 0 radical (unpaired) electrons. The second-order valence-electron chi connectivity index (χ2n) is 5.70. The van der Waals surface area contributed by atoms with Crippen LogP contribution in [-0.4, -0.2) is 30.4 Å². The second-order valence-corrected chi connectivity index (χ2v) is 5.70. The van der Waals surface area contributed by atoms with E-state index < -0.39 is 0 Å². The highest BCUT2D eigenvalue weighted by Gasteiger charge is 2.25. The Balaban J connectivity index is 1.92. The number of nitrogens with two attached hydrogens (primary N) is 2. The van der Waals surface area contributed by atoms with Crippen LogP contribution >= 0.6 is 0 Å². The van der Waals surface area contributed by atoms with E-state index in [1.54, 1.807) is 0 Å². The Morgan fingerprint density at radius 2 is 2.10 bits per heavy atom. The van der Waals surface area contributed by atoms with E-state index in [1.807, 2.05) is 0 Å². The van der Waals surface area contributed by atoms with Crippen molar-refractivity contribution in [1.29, 1.82) is 0 Å². The zero-order valence-electron chi connectivity index (χ0n) is 12.2. The van der Waals surface area contributed by atoms with E-state index in [0.29, 0.717) is 0 Å². The van der Waals surface area contributed by atoms with Gasteiger partial charge in [-0.3, -0.25) is 4.79 Å². The lowest BCUT2D eigenvalue weighted by molar-refractivity contribution is -0.123. The van der Waals surface area contributed by atoms with Crippen LogP contribution in [0.1, 0.15) is 36.9 Å². The molecule has 4 N–H and O–H groups in total. The first-order valence-electron chi connectivity index (χ1n) is 7.46. The number of hydrogen-bond donors (Lipinski definition) is 2. The van der Waals surface area contributed by atoms with Crippen LogP contribution in [0.4, 0.5) is 0 Å². The number of likely N-dealkylation sites (tertiary alicyclic amines) is 1. The molecule has 0 bridgehead atoms. The molecule has 1 aliphatic heterocycles. The van der Waals surface area contributed by atoms with Crippen molar-refractivity contribution in [3.05, 3.63) is 35.4 Å². The number of amides is 1. The molecule has 0 aromatic heterocycles. The Morgan fingerprint density at radius 1 is 1.40 bits per heavy atom. The van der Waals surface area contributed by atoms with Gasteiger partial charge in [0, 0.05) is 19.1 Å². The summed E-state index contributed by atoms with van der Waals surface area (Å²) in [5.41, 5.74) is 14.2. The van der Waals surface area contributed by atoms with E-state index in [2.05, 4.69) is 36.1 Å². The quantitative estimate of drug-likeness (QED) is 0.854. The molecule has 0 saturated carbocycles. The summed E-state index contributed by atoms with van der Waals surface area (Å²) in [6.45, 7) is 4.68. The van der Waals surface area contributed by atoms with Gasteiger partial charge in [0.05, 0.1) is 5.92 Å². The van der Waals surface area contributed by atoms with Gasteiger partial charge < -0.3 is 16.4 Å². The maximum Gasteiger partial charge on any atom is 0.221 e. The monoisotopic (exact) mass is 275 g/mol. The molecule has 1 heterocycles. The van der Waals surface area contributed by atoms with Crippen molar-refractivity contribution in [1.82, 2.24) is 4.90 Å². The Morgan fingerprint density at radius 3 is 2.70 bits per heavy atom. The summed E-state index contributed by atoms with van der Waals surface area (Å²) < 4.78 is 0. The molecule has 4 heteroatoms. The van der Waals surface area contributed by atoms with Gasteiger partial charge in [-0.05, 0) is 36.9 Å². The van der Waals surface area contributed by atoms with Crippen LogP contribution in [0.3, 0.4) is 0 Å². The molecule has 0 aliphatic carbocycles. The molecule has 20 heavy (non-hydrogen) atoms. The summed E-state index contributed by atoms with van der Waals surface area (Å²) in [7, 11) is 0. The van der Waals surface area contributed by atoms with Crippen LogP contribution in [0.2, 0.25) is 0 Å². The maximum atomic E-state index is 11.3. The molecule has 4 nitrogen and oxygen atoms in total. The number of aryl methyl sites for hydroxylation is 1. The van der Waals surface area contributed by atoms with Gasteiger partial charge in [0.2, 0.25) is 5.91 Å². The van der Waals surface area contributed by atoms with Crippen molar-refractivity contribution in [3.8, 4) is 0 Å². The highest BCUT2D eigenvalue weighted by molar-refractivity contribution is 5.76. The van der Waals surface area contributed by atoms with Gasteiger partial charge in [0.1, 0.15) is 0 Å². The van der Waals surface area contributed by atoms with Gasteiger partial charge in [0.25, 0.3) is 0 Å². The van der Waals surface area contributed by atoms with E-state index in [9.17, 15) is 4.79 Å². The minimum Gasteiger partial charge on any atom is -0.369 e. The van der Waals surface area contributed by atoms with Crippen LogP contribution in [-0.2, 0) is 11.2 Å². The van der Waals surface area contributed by atoms with Crippen molar-refractivity contribution >= 4 is 5.91 Å². The number of primary amides is 1. The second kappa shape index (κ2) is 6.86. The van der Waals surface area contributed by atoms with Crippen molar-refractivity contribution in [2.24, 2.45) is 17.4 Å². The summed E-state index contributed by atoms with van der Waals surface area (Å²) in [5.74, 6) is -0.200. The third-order valence-electron chi connectivity index (χ3n) is 4.18. The molecule has 0 spiro atoms. The molecule has 2 unspecified atom stereocenters. The molecule has 1 amide bonds. The number of hydrogen-bond acceptors (Lipinski definition) is 3. The van der Waals surface area contributed by atoms with Crippen LogP contribution in [0, 0.1) is 5.92 Å². The Labute approximate surface area is 121 Å². The van der Waals surface area contributed by atoms with Crippen molar-refractivity contribution in [3.63, 3.8) is 0 Å². The van der Waals surface area contributed by atoms with E-state index in [4.69, 9.17) is 11.5 Å². The zero-order valence-corrected chi connectivity index (χ0v) is 12.2. The number of piperidine rings is 1. The molecule has 1 aliphatic rings. The topological polar surface area (TPSA) is 72.3 Å². The lowest BCUT2D eigenvalue weighted by Gasteiger charge is -2.32. The van der Waals surface area contributed by atoms with Gasteiger partial charge in [-0.1, -0.05) is 31.2 Å². The number of carbonyl (C=O) groups excluding carboxylic acids is 1. The third kappa shape index (κ3) is 3.81. The van der Waals surface area contributed by atoms with Crippen LogP contribution in [0.5, 0.6) is 0 Å². The molecule has 1 aromatic carbocycles. The molecule has 2 rings (SSSR count). The predicted octanol–water partition coefficient (Wildman–Crippen LogP) is 1.45. The fourth-order valence-electron chi connectivity index (χ4n) is 2.84. The first-order valence-corrected chi connectivity index (χ1v) is 7.46. The van der Waals surface area contributed by atoms with Crippen molar-refractivity contribution < 1.29 is 4.79 Å². The number of carbonyl (C=O) groups is 1. The maximum absolute atomic E-state index is 11.3. The highest BCUT2D eigenvalue weighted by Crippen LogP contribution is 2.19. The average Bonchev–Trinajstić information content (AvgIpc) is 2.47. The fraction of sp³-hybridized carbons (Fsp3) is 0.562. The van der Waals surface area contributed by atoms with Gasteiger partial charge in [-0.25, -0.2) is 0 Å². The number of nitrogens with zero attached hydrogens (tertiary/aromatic N) is 1. The molecular formula is C16H25N3O. The Kier molecular flexibility index (Phi) is 5.15. The number of benzene rings is 1. The summed E-state index contributed by atoms with van der Waals surface area (Å²) >= 11 is 0. The van der Waals surface area contributed by atoms with Crippen LogP contribution in [0.15, 0.2) is 24.3 Å². The lowest BCUT2D eigenvalue weighted by Crippen LogP contribution is -2.43. The third-order valence-corrected chi connectivity index (χ3v) is 4.18. The Hall–Kier alpha value is -1.39. The Bertz CT molecular complexity index is 444. The smallest absolute Gasteiger partial charge is 0.221 e. The van der Waals surface area contributed by atoms with Gasteiger partial charge in [-0.15, -0.1) is 0 Å². The fourth-order valence-corrected chi connectivity index (χ4v) is 2.84. The minimum absolute atomic E-state index is 0.00691. The van der Waals surface area contributed by atoms with Gasteiger partial charge >= 0.3 is 0 Å². The zero-order chi connectivity index (χ0) is 14.5. The standard InChI is InChI=1S/C16H25N3O/c1-2-12-5-7-13(8-6-12)15(17)11-19-9-3-4-14(10-19)16(18)20/h5-8,14-15H,2-4,9-11,17H2,1H3,(H2,18,20).